The zero-order valence-corrected chi connectivity index (χ0v) is 12.3. The Bertz CT molecular complexity index is 781. The van der Waals surface area contributed by atoms with Crippen molar-refractivity contribution in [3.8, 4) is 16.9 Å². The Hall–Kier alpha value is -2.54. The van der Waals surface area contributed by atoms with Crippen LogP contribution in [0.15, 0.2) is 59.2 Å². The summed E-state index contributed by atoms with van der Waals surface area (Å²) in [6.45, 7) is 0. The molecule has 0 saturated carbocycles. The van der Waals surface area contributed by atoms with Crippen LogP contribution in [0.3, 0.4) is 0 Å². The van der Waals surface area contributed by atoms with Crippen molar-refractivity contribution in [2.24, 2.45) is 0 Å². The molecule has 1 aromatic heterocycles. The van der Waals surface area contributed by atoms with Gasteiger partial charge in [-0.15, -0.1) is 5.10 Å². The van der Waals surface area contributed by atoms with Crippen LogP contribution < -0.4 is 0 Å². The monoisotopic (exact) mass is 344 g/mol. The van der Waals surface area contributed by atoms with E-state index in [1.165, 1.54) is 12.1 Å². The van der Waals surface area contributed by atoms with Crippen molar-refractivity contribution < 1.29 is 4.92 Å². The number of hydrogen-bond acceptors (Lipinski definition) is 4. The molecule has 0 aliphatic rings. The third-order valence-corrected chi connectivity index (χ3v) is 3.52. The first kappa shape index (κ1) is 13.4. The lowest BCUT2D eigenvalue weighted by Gasteiger charge is -2.06. The SMILES string of the molecule is O=[N+]([O-])c1ccc(-n2nncc2-c2ccc(Br)cc2)cc1. The third kappa shape index (κ3) is 2.68. The van der Waals surface area contributed by atoms with Gasteiger partial charge in [0.2, 0.25) is 0 Å². The minimum atomic E-state index is -0.430. The Morgan fingerprint density at radius 3 is 2.33 bits per heavy atom. The molecular weight excluding hydrogens is 336 g/mol. The number of benzene rings is 2. The molecule has 3 aromatic rings. The molecular formula is C14H9BrN4O2. The van der Waals surface area contributed by atoms with E-state index < -0.39 is 4.92 Å². The highest BCUT2D eigenvalue weighted by Crippen LogP contribution is 2.24. The summed E-state index contributed by atoms with van der Waals surface area (Å²) in [7, 11) is 0. The Kier molecular flexibility index (Phi) is 3.49. The highest BCUT2D eigenvalue weighted by Gasteiger charge is 2.10. The molecule has 7 heteroatoms. The molecule has 0 aliphatic carbocycles. The van der Waals surface area contributed by atoms with Gasteiger partial charge in [0.05, 0.1) is 22.5 Å². The summed E-state index contributed by atoms with van der Waals surface area (Å²) in [5, 5.41) is 18.7. The molecule has 0 atom stereocenters. The van der Waals surface area contributed by atoms with E-state index in [2.05, 4.69) is 26.2 Å². The number of nitrogens with zero attached hydrogens (tertiary/aromatic N) is 4. The lowest BCUT2D eigenvalue weighted by Crippen LogP contribution is -1.99. The summed E-state index contributed by atoms with van der Waals surface area (Å²) in [5.41, 5.74) is 2.54. The zero-order chi connectivity index (χ0) is 14.8. The van der Waals surface area contributed by atoms with Gasteiger partial charge in [-0.1, -0.05) is 33.3 Å². The van der Waals surface area contributed by atoms with Crippen LogP contribution in [-0.2, 0) is 0 Å². The van der Waals surface area contributed by atoms with Crippen LogP contribution in [-0.4, -0.2) is 19.9 Å². The fourth-order valence-corrected chi connectivity index (χ4v) is 2.22. The number of halogens is 1. The number of rotatable bonds is 3. The van der Waals surface area contributed by atoms with Crippen LogP contribution in [0.2, 0.25) is 0 Å². The Morgan fingerprint density at radius 2 is 1.71 bits per heavy atom. The second kappa shape index (κ2) is 5.45. The molecule has 104 valence electrons. The molecule has 21 heavy (non-hydrogen) atoms. The van der Waals surface area contributed by atoms with E-state index in [0.717, 1.165) is 21.4 Å². The molecule has 0 N–H and O–H groups in total. The van der Waals surface area contributed by atoms with Gasteiger partial charge in [0.25, 0.3) is 5.69 Å². The zero-order valence-electron chi connectivity index (χ0n) is 10.7. The Balaban J connectivity index is 2.02. The molecule has 0 fully saturated rings. The van der Waals surface area contributed by atoms with E-state index in [1.54, 1.807) is 23.0 Å². The largest absolute Gasteiger partial charge is 0.269 e. The van der Waals surface area contributed by atoms with E-state index in [9.17, 15) is 10.1 Å². The van der Waals surface area contributed by atoms with Crippen LogP contribution >= 0.6 is 15.9 Å². The van der Waals surface area contributed by atoms with Crippen molar-refractivity contribution in [3.63, 3.8) is 0 Å². The smallest absolute Gasteiger partial charge is 0.258 e. The number of hydrogen-bond donors (Lipinski definition) is 0. The molecule has 0 saturated heterocycles. The molecule has 0 aliphatic heterocycles. The van der Waals surface area contributed by atoms with Gasteiger partial charge in [-0.05, 0) is 24.3 Å². The molecule has 0 unspecified atom stereocenters. The number of nitro groups is 1. The van der Waals surface area contributed by atoms with Gasteiger partial charge in [-0.3, -0.25) is 10.1 Å². The Labute approximate surface area is 128 Å². The second-order valence-corrected chi connectivity index (χ2v) is 5.23. The highest BCUT2D eigenvalue weighted by atomic mass is 79.9. The molecule has 1 heterocycles. The lowest BCUT2D eigenvalue weighted by atomic mass is 10.1. The third-order valence-electron chi connectivity index (χ3n) is 2.99. The average molecular weight is 345 g/mol. The first-order valence-electron chi connectivity index (χ1n) is 6.06. The molecule has 6 nitrogen and oxygen atoms in total. The van der Waals surface area contributed by atoms with Gasteiger partial charge in [0.1, 0.15) is 0 Å². The summed E-state index contributed by atoms with van der Waals surface area (Å²) in [4.78, 5) is 10.3. The van der Waals surface area contributed by atoms with Crippen molar-refractivity contribution in [2.75, 3.05) is 0 Å². The van der Waals surface area contributed by atoms with Crippen LogP contribution in [0, 0.1) is 10.1 Å². The van der Waals surface area contributed by atoms with E-state index in [0.29, 0.717) is 0 Å². The predicted molar refractivity (Wildman–Crippen MR) is 81.1 cm³/mol. The van der Waals surface area contributed by atoms with E-state index in [-0.39, 0.29) is 5.69 Å². The second-order valence-electron chi connectivity index (χ2n) is 4.31. The van der Waals surface area contributed by atoms with Gasteiger partial charge in [-0.2, -0.15) is 0 Å². The Morgan fingerprint density at radius 1 is 1.05 bits per heavy atom. The summed E-state index contributed by atoms with van der Waals surface area (Å²) in [5.74, 6) is 0. The lowest BCUT2D eigenvalue weighted by molar-refractivity contribution is -0.384. The van der Waals surface area contributed by atoms with Crippen LogP contribution in [0.5, 0.6) is 0 Å². The average Bonchev–Trinajstić information content (AvgIpc) is 2.97. The highest BCUT2D eigenvalue weighted by molar-refractivity contribution is 9.10. The fraction of sp³-hybridized carbons (Fsp3) is 0. The van der Waals surface area contributed by atoms with E-state index in [1.807, 2.05) is 24.3 Å². The maximum atomic E-state index is 10.7. The van der Waals surface area contributed by atoms with Gasteiger partial charge in [0.15, 0.2) is 0 Å². The van der Waals surface area contributed by atoms with Gasteiger partial charge in [0, 0.05) is 22.2 Å². The summed E-state index contributed by atoms with van der Waals surface area (Å²) < 4.78 is 2.63. The summed E-state index contributed by atoms with van der Waals surface area (Å²) >= 11 is 3.39. The van der Waals surface area contributed by atoms with Crippen molar-refractivity contribution in [3.05, 3.63) is 69.3 Å². The van der Waals surface area contributed by atoms with E-state index >= 15 is 0 Å². The van der Waals surface area contributed by atoms with Gasteiger partial charge >= 0.3 is 0 Å². The normalized spacial score (nSPS) is 10.5. The number of aromatic nitrogens is 3. The first-order chi connectivity index (χ1) is 10.1. The molecule has 0 radical (unpaired) electrons. The van der Waals surface area contributed by atoms with Crippen molar-refractivity contribution in [2.45, 2.75) is 0 Å². The van der Waals surface area contributed by atoms with Crippen LogP contribution in [0.25, 0.3) is 16.9 Å². The van der Waals surface area contributed by atoms with Crippen molar-refractivity contribution >= 4 is 21.6 Å². The molecule has 2 aromatic carbocycles. The van der Waals surface area contributed by atoms with Crippen LogP contribution in [0.4, 0.5) is 5.69 Å². The minimum absolute atomic E-state index is 0.0454. The number of non-ortho nitro benzene ring substituents is 1. The molecule has 0 bridgehead atoms. The maximum absolute atomic E-state index is 10.7. The van der Waals surface area contributed by atoms with Gasteiger partial charge in [-0.25, -0.2) is 4.68 Å². The van der Waals surface area contributed by atoms with E-state index in [4.69, 9.17) is 0 Å². The molecule has 0 amide bonds. The summed E-state index contributed by atoms with van der Waals surface area (Å²) in [6, 6.07) is 14.0. The van der Waals surface area contributed by atoms with Crippen molar-refractivity contribution in [1.29, 1.82) is 0 Å². The topological polar surface area (TPSA) is 73.8 Å². The quantitative estimate of drug-likeness (QED) is 0.537. The standard InChI is InChI=1S/C14H9BrN4O2/c15-11-3-1-10(2-4-11)14-9-16-17-18(14)12-5-7-13(8-6-12)19(20)21/h1-9H. The minimum Gasteiger partial charge on any atom is -0.258 e. The maximum Gasteiger partial charge on any atom is 0.269 e. The molecule has 0 spiro atoms. The van der Waals surface area contributed by atoms with Crippen LogP contribution in [0.1, 0.15) is 0 Å². The summed E-state index contributed by atoms with van der Waals surface area (Å²) in [6.07, 6.45) is 1.66. The number of nitro benzene ring substituents is 1. The van der Waals surface area contributed by atoms with Crippen molar-refractivity contribution in [1.82, 2.24) is 15.0 Å². The van der Waals surface area contributed by atoms with Gasteiger partial charge < -0.3 is 0 Å². The molecule has 3 rings (SSSR count). The predicted octanol–water partition coefficient (Wildman–Crippen LogP) is 3.61. The fourth-order valence-electron chi connectivity index (χ4n) is 1.96. The first-order valence-corrected chi connectivity index (χ1v) is 6.86.